The first-order valence-corrected chi connectivity index (χ1v) is 3.78. The molecule has 0 aliphatic carbocycles. The lowest BCUT2D eigenvalue weighted by molar-refractivity contribution is -0.114. The normalized spacial score (nSPS) is 11.9. The van der Waals surface area contributed by atoms with Crippen LogP contribution in [0.25, 0.3) is 0 Å². The number of allylic oxidation sites excluding steroid dienone is 1. The number of carbonyl (C=O) groups is 1. The van der Waals surface area contributed by atoms with Crippen LogP contribution in [0, 0.1) is 0 Å². The van der Waals surface area contributed by atoms with E-state index in [1.54, 1.807) is 13.0 Å². The minimum atomic E-state index is -0.374. The van der Waals surface area contributed by atoms with Crippen molar-refractivity contribution in [1.29, 1.82) is 0 Å². The summed E-state index contributed by atoms with van der Waals surface area (Å²) >= 11 is 0. The van der Waals surface area contributed by atoms with E-state index in [1.807, 2.05) is 19.0 Å². The first-order valence-electron chi connectivity index (χ1n) is 3.78. The average molecular weight is 168 g/mol. The van der Waals surface area contributed by atoms with Crippen LogP contribution in [-0.4, -0.2) is 24.9 Å². The molecule has 0 aromatic carbocycles. The van der Waals surface area contributed by atoms with Gasteiger partial charge in [-0.25, -0.2) is 0 Å². The van der Waals surface area contributed by atoms with Crippen molar-refractivity contribution in [1.82, 2.24) is 4.90 Å². The van der Waals surface area contributed by atoms with Crippen LogP contribution < -0.4 is 5.73 Å². The fourth-order valence-electron chi connectivity index (χ4n) is 0.950. The maximum atomic E-state index is 10.8. The highest BCUT2D eigenvalue weighted by Crippen LogP contribution is 2.10. The van der Waals surface area contributed by atoms with Gasteiger partial charge in [0.05, 0.1) is 0 Å². The third-order valence-corrected chi connectivity index (χ3v) is 1.68. The van der Waals surface area contributed by atoms with Crippen molar-refractivity contribution in [2.24, 2.45) is 5.73 Å². The van der Waals surface area contributed by atoms with E-state index in [0.717, 1.165) is 5.70 Å². The SMILES string of the molecule is C=CCC(=C(C)C(N)=O)N(C)C. The van der Waals surface area contributed by atoms with Crippen LogP contribution in [0.2, 0.25) is 0 Å². The van der Waals surface area contributed by atoms with Gasteiger partial charge in [0.15, 0.2) is 0 Å². The Morgan fingerprint density at radius 3 is 2.33 bits per heavy atom. The molecular weight excluding hydrogens is 152 g/mol. The minimum Gasteiger partial charge on any atom is -0.380 e. The molecule has 0 bridgehead atoms. The lowest BCUT2D eigenvalue weighted by atomic mass is 10.1. The number of rotatable bonds is 4. The van der Waals surface area contributed by atoms with E-state index in [9.17, 15) is 4.79 Å². The number of nitrogens with two attached hydrogens (primary N) is 1. The van der Waals surface area contributed by atoms with Gasteiger partial charge in [-0.05, 0) is 6.92 Å². The van der Waals surface area contributed by atoms with E-state index in [2.05, 4.69) is 6.58 Å². The van der Waals surface area contributed by atoms with Crippen LogP contribution in [0.4, 0.5) is 0 Å². The van der Waals surface area contributed by atoms with Gasteiger partial charge < -0.3 is 10.6 Å². The highest BCUT2D eigenvalue weighted by molar-refractivity contribution is 5.92. The predicted molar refractivity (Wildman–Crippen MR) is 50.4 cm³/mol. The molecule has 12 heavy (non-hydrogen) atoms. The maximum Gasteiger partial charge on any atom is 0.246 e. The molecule has 0 heterocycles. The Morgan fingerprint density at radius 1 is 1.58 bits per heavy atom. The molecule has 0 rings (SSSR count). The van der Waals surface area contributed by atoms with E-state index < -0.39 is 0 Å². The van der Waals surface area contributed by atoms with Gasteiger partial charge >= 0.3 is 0 Å². The van der Waals surface area contributed by atoms with Crippen molar-refractivity contribution in [2.75, 3.05) is 14.1 Å². The second-order valence-electron chi connectivity index (χ2n) is 2.82. The average Bonchev–Trinajstić information content (AvgIpc) is 1.98. The summed E-state index contributed by atoms with van der Waals surface area (Å²) in [6, 6.07) is 0. The fourth-order valence-corrected chi connectivity index (χ4v) is 0.950. The van der Waals surface area contributed by atoms with E-state index in [-0.39, 0.29) is 5.91 Å². The standard InChI is InChI=1S/C9H16N2O/c1-5-6-8(11(3)4)7(2)9(10)12/h5H,1,6H2,2-4H3,(H2,10,12). The van der Waals surface area contributed by atoms with Gasteiger partial charge in [0.25, 0.3) is 0 Å². The summed E-state index contributed by atoms with van der Waals surface area (Å²) in [5.41, 5.74) is 6.66. The van der Waals surface area contributed by atoms with E-state index >= 15 is 0 Å². The topological polar surface area (TPSA) is 46.3 Å². The molecule has 0 aromatic heterocycles. The Bertz CT molecular complexity index is 217. The monoisotopic (exact) mass is 168 g/mol. The molecule has 68 valence electrons. The summed E-state index contributed by atoms with van der Waals surface area (Å²) in [5.74, 6) is -0.374. The molecule has 3 nitrogen and oxygen atoms in total. The van der Waals surface area contributed by atoms with E-state index in [0.29, 0.717) is 12.0 Å². The molecule has 3 heteroatoms. The number of nitrogens with zero attached hydrogens (tertiary/aromatic N) is 1. The Labute approximate surface area is 73.5 Å². The lowest BCUT2D eigenvalue weighted by Gasteiger charge is -2.17. The van der Waals surface area contributed by atoms with E-state index in [1.165, 1.54) is 0 Å². The Balaban J connectivity index is 4.79. The Kier molecular flexibility index (Phi) is 4.11. The van der Waals surface area contributed by atoms with Crippen LogP contribution >= 0.6 is 0 Å². The largest absolute Gasteiger partial charge is 0.380 e. The van der Waals surface area contributed by atoms with Crippen molar-refractivity contribution in [3.05, 3.63) is 23.9 Å². The van der Waals surface area contributed by atoms with Gasteiger partial charge in [0, 0.05) is 31.8 Å². The van der Waals surface area contributed by atoms with Gasteiger partial charge in [-0.2, -0.15) is 0 Å². The number of hydrogen-bond acceptors (Lipinski definition) is 2. The summed E-state index contributed by atoms with van der Waals surface area (Å²) in [5, 5.41) is 0. The van der Waals surface area contributed by atoms with Gasteiger partial charge in [-0.1, -0.05) is 6.08 Å². The first-order chi connectivity index (χ1) is 5.50. The second-order valence-corrected chi connectivity index (χ2v) is 2.82. The molecule has 0 saturated heterocycles. The Hall–Kier alpha value is -1.25. The molecule has 0 aliphatic heterocycles. The van der Waals surface area contributed by atoms with Gasteiger partial charge in [0.2, 0.25) is 5.91 Å². The fraction of sp³-hybridized carbons (Fsp3) is 0.444. The highest BCUT2D eigenvalue weighted by atomic mass is 16.1. The smallest absolute Gasteiger partial charge is 0.246 e. The molecule has 1 amide bonds. The quantitative estimate of drug-likeness (QED) is 0.500. The first kappa shape index (κ1) is 10.8. The zero-order valence-corrected chi connectivity index (χ0v) is 7.92. The van der Waals surface area contributed by atoms with Crippen molar-refractivity contribution in [2.45, 2.75) is 13.3 Å². The summed E-state index contributed by atoms with van der Waals surface area (Å²) in [6.07, 6.45) is 2.42. The summed E-state index contributed by atoms with van der Waals surface area (Å²) in [4.78, 5) is 12.7. The number of amides is 1. The zero-order valence-electron chi connectivity index (χ0n) is 7.92. The molecule has 0 atom stereocenters. The van der Waals surface area contributed by atoms with Crippen molar-refractivity contribution < 1.29 is 4.79 Å². The summed E-state index contributed by atoms with van der Waals surface area (Å²) in [6.45, 7) is 5.34. The zero-order chi connectivity index (χ0) is 9.72. The predicted octanol–water partition coefficient (Wildman–Crippen LogP) is 0.883. The Morgan fingerprint density at radius 2 is 2.08 bits per heavy atom. The number of carbonyl (C=O) groups excluding carboxylic acids is 1. The molecule has 0 aliphatic rings. The maximum absolute atomic E-state index is 10.8. The molecule has 0 radical (unpaired) electrons. The van der Waals surface area contributed by atoms with Gasteiger partial charge in [0.1, 0.15) is 0 Å². The van der Waals surface area contributed by atoms with Crippen LogP contribution in [0.1, 0.15) is 13.3 Å². The molecule has 0 spiro atoms. The molecule has 0 saturated carbocycles. The molecular formula is C9H16N2O. The van der Waals surface area contributed by atoms with Crippen LogP contribution in [0.3, 0.4) is 0 Å². The van der Waals surface area contributed by atoms with Crippen LogP contribution in [0.15, 0.2) is 23.9 Å². The summed E-state index contributed by atoms with van der Waals surface area (Å²) in [7, 11) is 3.76. The van der Waals surface area contributed by atoms with Crippen LogP contribution in [0.5, 0.6) is 0 Å². The van der Waals surface area contributed by atoms with Crippen molar-refractivity contribution in [3.8, 4) is 0 Å². The number of hydrogen-bond donors (Lipinski definition) is 1. The van der Waals surface area contributed by atoms with Gasteiger partial charge in [-0.3, -0.25) is 4.79 Å². The van der Waals surface area contributed by atoms with Crippen LogP contribution in [-0.2, 0) is 4.79 Å². The third kappa shape index (κ3) is 2.78. The minimum absolute atomic E-state index is 0.374. The summed E-state index contributed by atoms with van der Waals surface area (Å²) < 4.78 is 0. The second kappa shape index (κ2) is 4.59. The molecule has 2 N–H and O–H groups in total. The number of primary amides is 1. The lowest BCUT2D eigenvalue weighted by Crippen LogP contribution is -2.20. The van der Waals surface area contributed by atoms with E-state index in [4.69, 9.17) is 5.73 Å². The van der Waals surface area contributed by atoms with Crippen molar-refractivity contribution in [3.63, 3.8) is 0 Å². The molecule has 0 aromatic rings. The molecule has 0 fully saturated rings. The highest BCUT2D eigenvalue weighted by Gasteiger charge is 2.07. The van der Waals surface area contributed by atoms with Crippen molar-refractivity contribution >= 4 is 5.91 Å². The third-order valence-electron chi connectivity index (χ3n) is 1.68. The molecule has 0 unspecified atom stereocenters. The van der Waals surface area contributed by atoms with Gasteiger partial charge in [-0.15, -0.1) is 6.58 Å².